The van der Waals surface area contributed by atoms with E-state index in [2.05, 4.69) is 43.0 Å². The predicted molar refractivity (Wildman–Crippen MR) is 90.0 cm³/mol. The minimum Gasteiger partial charge on any atom is -0.367 e. The van der Waals surface area contributed by atoms with Crippen LogP contribution in [-0.2, 0) is 5.41 Å². The highest BCUT2D eigenvalue weighted by molar-refractivity contribution is 6.29. The molecule has 1 aliphatic carbocycles. The van der Waals surface area contributed by atoms with Gasteiger partial charge in [-0.2, -0.15) is 0 Å². The summed E-state index contributed by atoms with van der Waals surface area (Å²) < 4.78 is 0. The van der Waals surface area contributed by atoms with E-state index in [0.717, 1.165) is 17.6 Å². The normalized spacial score (nSPS) is 23.1. The monoisotopic (exact) mass is 309 g/mol. The number of nitrogens with one attached hydrogen (secondary N) is 1. The van der Waals surface area contributed by atoms with E-state index in [1.807, 2.05) is 6.07 Å². The molecule has 0 saturated heterocycles. The van der Waals surface area contributed by atoms with E-state index in [-0.39, 0.29) is 5.41 Å². The van der Waals surface area contributed by atoms with Crippen molar-refractivity contribution in [3.8, 4) is 0 Å². The highest BCUT2D eigenvalue weighted by atomic mass is 35.5. The van der Waals surface area contributed by atoms with E-state index in [1.165, 1.54) is 38.5 Å². The van der Waals surface area contributed by atoms with E-state index >= 15 is 0 Å². The van der Waals surface area contributed by atoms with Gasteiger partial charge in [-0.15, -0.1) is 0 Å². The number of hydrogen-bond donors (Lipinski definition) is 1. The molecule has 21 heavy (non-hydrogen) atoms. The molecule has 0 aliphatic heterocycles. The number of hydrogen-bond acceptors (Lipinski definition) is 3. The van der Waals surface area contributed by atoms with E-state index < -0.39 is 0 Å². The molecule has 3 nitrogen and oxygen atoms in total. The van der Waals surface area contributed by atoms with Gasteiger partial charge in [-0.25, -0.2) is 9.97 Å². The lowest BCUT2D eigenvalue weighted by atomic mass is 9.83. The third-order valence-electron chi connectivity index (χ3n) is 4.26. The second-order valence-corrected chi connectivity index (χ2v) is 7.69. The Morgan fingerprint density at radius 2 is 1.86 bits per heavy atom. The fourth-order valence-corrected chi connectivity index (χ4v) is 3.22. The molecule has 4 heteroatoms. The Hall–Kier alpha value is -0.830. The van der Waals surface area contributed by atoms with Crippen LogP contribution in [0, 0.1) is 5.92 Å². The van der Waals surface area contributed by atoms with Crippen LogP contribution in [-0.4, -0.2) is 16.0 Å². The van der Waals surface area contributed by atoms with Gasteiger partial charge in [0.1, 0.15) is 16.8 Å². The Morgan fingerprint density at radius 3 is 2.43 bits per heavy atom. The molecule has 0 spiro atoms. The lowest BCUT2D eigenvalue weighted by Crippen LogP contribution is -2.27. The first-order valence-electron chi connectivity index (χ1n) is 8.20. The van der Waals surface area contributed by atoms with Crippen molar-refractivity contribution in [3.63, 3.8) is 0 Å². The second kappa shape index (κ2) is 6.95. The molecule has 1 heterocycles. The molecule has 0 unspecified atom stereocenters. The average Bonchev–Trinajstić information content (AvgIpc) is 2.40. The third-order valence-corrected chi connectivity index (χ3v) is 4.46. The van der Waals surface area contributed by atoms with Crippen molar-refractivity contribution in [1.29, 1.82) is 0 Å². The predicted octanol–water partition coefficient (Wildman–Crippen LogP) is 5.20. The molecule has 1 aromatic heterocycles. The molecule has 1 N–H and O–H groups in total. The molecule has 1 fully saturated rings. The molecular weight excluding hydrogens is 282 g/mol. The maximum absolute atomic E-state index is 6.15. The first kappa shape index (κ1) is 16.5. The number of nitrogens with zero attached hydrogens (tertiary/aromatic N) is 2. The zero-order chi connectivity index (χ0) is 15.5. The van der Waals surface area contributed by atoms with Gasteiger partial charge in [-0.3, -0.25) is 0 Å². The molecule has 0 bridgehead atoms. The van der Waals surface area contributed by atoms with Crippen LogP contribution in [0.3, 0.4) is 0 Å². The number of rotatable bonds is 4. The molecular formula is C17H28ClN3. The molecule has 1 aliphatic rings. The van der Waals surface area contributed by atoms with Crippen molar-refractivity contribution >= 4 is 17.4 Å². The van der Waals surface area contributed by atoms with Crippen molar-refractivity contribution in [2.75, 3.05) is 5.32 Å². The molecule has 0 radical (unpaired) electrons. The van der Waals surface area contributed by atoms with Gasteiger partial charge in [0.25, 0.3) is 0 Å². The summed E-state index contributed by atoms with van der Waals surface area (Å²) in [5.74, 6) is 2.60. The lowest BCUT2D eigenvalue weighted by molar-refractivity contribution is 0.318. The fraction of sp³-hybridized carbons (Fsp3) is 0.765. The fourth-order valence-electron chi connectivity index (χ4n) is 3.04. The SMILES string of the molecule is CCCC1CCC(Nc2cc(Cl)nc(C(C)(C)C)n2)CC1. The zero-order valence-corrected chi connectivity index (χ0v) is 14.5. The van der Waals surface area contributed by atoms with Crippen LogP contribution in [0.2, 0.25) is 5.15 Å². The van der Waals surface area contributed by atoms with Crippen LogP contribution in [0.1, 0.15) is 72.0 Å². The largest absolute Gasteiger partial charge is 0.367 e. The first-order chi connectivity index (χ1) is 9.88. The van der Waals surface area contributed by atoms with Crippen molar-refractivity contribution < 1.29 is 0 Å². The Labute approximate surface area is 133 Å². The highest BCUT2D eigenvalue weighted by Gasteiger charge is 2.22. The van der Waals surface area contributed by atoms with Gasteiger partial charge in [-0.1, -0.05) is 52.1 Å². The van der Waals surface area contributed by atoms with Crippen molar-refractivity contribution in [3.05, 3.63) is 17.0 Å². The topological polar surface area (TPSA) is 37.8 Å². The standard InChI is InChI=1S/C17H28ClN3/c1-5-6-12-7-9-13(10-8-12)19-15-11-14(18)20-16(21-15)17(2,3)4/h11-13H,5-10H2,1-4H3,(H,19,20,21). The smallest absolute Gasteiger partial charge is 0.137 e. The molecule has 1 saturated carbocycles. The quantitative estimate of drug-likeness (QED) is 0.777. The Morgan fingerprint density at radius 1 is 1.19 bits per heavy atom. The van der Waals surface area contributed by atoms with Crippen molar-refractivity contribution in [2.45, 2.75) is 77.7 Å². The van der Waals surface area contributed by atoms with Gasteiger partial charge in [-0.05, 0) is 31.6 Å². The molecule has 0 atom stereocenters. The van der Waals surface area contributed by atoms with Crippen LogP contribution >= 0.6 is 11.6 Å². The minimum atomic E-state index is -0.0832. The molecule has 0 amide bonds. The summed E-state index contributed by atoms with van der Waals surface area (Å²) in [6.45, 7) is 8.61. The van der Waals surface area contributed by atoms with E-state index in [0.29, 0.717) is 11.2 Å². The second-order valence-electron chi connectivity index (χ2n) is 7.30. The van der Waals surface area contributed by atoms with Crippen LogP contribution in [0.15, 0.2) is 6.07 Å². The van der Waals surface area contributed by atoms with Gasteiger partial charge >= 0.3 is 0 Å². The summed E-state index contributed by atoms with van der Waals surface area (Å²) in [7, 11) is 0. The average molecular weight is 310 g/mol. The molecule has 0 aromatic carbocycles. The maximum atomic E-state index is 6.15. The van der Waals surface area contributed by atoms with Gasteiger partial charge < -0.3 is 5.32 Å². The summed E-state index contributed by atoms with van der Waals surface area (Å²) in [6, 6.07) is 2.37. The van der Waals surface area contributed by atoms with Crippen LogP contribution in [0.5, 0.6) is 0 Å². The van der Waals surface area contributed by atoms with E-state index in [9.17, 15) is 0 Å². The van der Waals surface area contributed by atoms with Crippen LogP contribution in [0.4, 0.5) is 5.82 Å². The number of halogens is 1. The minimum absolute atomic E-state index is 0.0832. The molecule has 1 aromatic rings. The van der Waals surface area contributed by atoms with Crippen molar-refractivity contribution in [1.82, 2.24) is 9.97 Å². The number of anilines is 1. The van der Waals surface area contributed by atoms with E-state index in [4.69, 9.17) is 11.6 Å². The lowest BCUT2D eigenvalue weighted by Gasteiger charge is -2.29. The van der Waals surface area contributed by atoms with E-state index in [1.54, 1.807) is 0 Å². The number of aromatic nitrogens is 2. The highest BCUT2D eigenvalue weighted by Crippen LogP contribution is 2.30. The molecule has 118 valence electrons. The van der Waals surface area contributed by atoms with Crippen LogP contribution < -0.4 is 5.32 Å². The van der Waals surface area contributed by atoms with Gasteiger partial charge in [0, 0.05) is 17.5 Å². The summed E-state index contributed by atoms with van der Waals surface area (Å²) in [4.78, 5) is 9.00. The summed E-state index contributed by atoms with van der Waals surface area (Å²) in [5, 5.41) is 4.09. The summed E-state index contributed by atoms with van der Waals surface area (Å²) >= 11 is 6.15. The Balaban J connectivity index is 1.99. The summed E-state index contributed by atoms with van der Waals surface area (Å²) in [5.41, 5.74) is -0.0832. The summed E-state index contributed by atoms with van der Waals surface area (Å²) in [6.07, 6.45) is 7.81. The van der Waals surface area contributed by atoms with Gasteiger partial charge in [0.05, 0.1) is 0 Å². The van der Waals surface area contributed by atoms with Crippen molar-refractivity contribution in [2.24, 2.45) is 5.92 Å². The Kier molecular flexibility index (Phi) is 5.48. The maximum Gasteiger partial charge on any atom is 0.137 e. The Bertz CT molecular complexity index is 460. The van der Waals surface area contributed by atoms with Gasteiger partial charge in [0.15, 0.2) is 0 Å². The zero-order valence-electron chi connectivity index (χ0n) is 13.7. The molecule has 2 rings (SSSR count). The first-order valence-corrected chi connectivity index (χ1v) is 8.58. The van der Waals surface area contributed by atoms with Gasteiger partial charge in [0.2, 0.25) is 0 Å². The van der Waals surface area contributed by atoms with Crippen LogP contribution in [0.25, 0.3) is 0 Å². The third kappa shape index (κ3) is 4.84.